The number of benzene rings is 1. The molecule has 0 aliphatic rings. The molecule has 1 aromatic rings. The largest absolute Gasteiger partial charge is 0.464 e. The molecule has 0 saturated carbocycles. The molecule has 1 rings (SSSR count). The van der Waals surface area contributed by atoms with Gasteiger partial charge in [0, 0.05) is 5.02 Å². The Balaban J connectivity index is 3.09. The second-order valence-corrected chi connectivity index (χ2v) is 4.76. The zero-order chi connectivity index (χ0) is 15.4. The first-order valence-electron chi connectivity index (χ1n) is 5.94. The third-order valence-electron chi connectivity index (χ3n) is 2.73. The van der Waals surface area contributed by atoms with E-state index >= 15 is 0 Å². The van der Waals surface area contributed by atoms with Crippen molar-refractivity contribution in [1.29, 1.82) is 0 Å². The summed E-state index contributed by atoms with van der Waals surface area (Å²) in [4.78, 5) is 12.0. The number of esters is 1. The number of rotatable bonds is 5. The molecule has 0 radical (unpaired) electrons. The highest BCUT2D eigenvalue weighted by atomic mass is 35.5. The molecule has 0 fully saturated rings. The van der Waals surface area contributed by atoms with E-state index in [0.717, 1.165) is 0 Å². The van der Waals surface area contributed by atoms with Crippen LogP contribution in [0.15, 0.2) is 24.3 Å². The Morgan fingerprint density at radius 2 is 2.05 bits per heavy atom. The van der Waals surface area contributed by atoms with E-state index in [4.69, 9.17) is 16.3 Å². The molecule has 112 valence electrons. The van der Waals surface area contributed by atoms with Crippen LogP contribution >= 0.6 is 11.6 Å². The lowest BCUT2D eigenvalue weighted by atomic mass is 9.92. The van der Waals surface area contributed by atoms with Crippen LogP contribution in [0.4, 0.5) is 13.2 Å². The van der Waals surface area contributed by atoms with Gasteiger partial charge in [0.1, 0.15) is 5.54 Å². The molecule has 1 atom stereocenters. The summed E-state index contributed by atoms with van der Waals surface area (Å²) in [5.41, 5.74) is -1.30. The zero-order valence-corrected chi connectivity index (χ0v) is 11.8. The number of halogens is 4. The van der Waals surface area contributed by atoms with Gasteiger partial charge in [-0.05, 0) is 31.5 Å². The first-order chi connectivity index (χ1) is 9.19. The maximum Gasteiger partial charge on any atom is 0.401 e. The van der Waals surface area contributed by atoms with E-state index in [2.05, 4.69) is 5.32 Å². The monoisotopic (exact) mass is 309 g/mol. The second kappa shape index (κ2) is 6.45. The van der Waals surface area contributed by atoms with Crippen molar-refractivity contribution in [2.75, 3.05) is 13.2 Å². The van der Waals surface area contributed by atoms with Gasteiger partial charge in [-0.2, -0.15) is 13.2 Å². The van der Waals surface area contributed by atoms with Gasteiger partial charge < -0.3 is 4.74 Å². The molecule has 0 bridgehead atoms. The van der Waals surface area contributed by atoms with E-state index in [1.54, 1.807) is 19.1 Å². The van der Waals surface area contributed by atoms with Crippen molar-refractivity contribution in [1.82, 2.24) is 5.32 Å². The van der Waals surface area contributed by atoms with Crippen LogP contribution in [-0.2, 0) is 15.1 Å². The Hall–Kier alpha value is -1.27. The molecular weight excluding hydrogens is 295 g/mol. The van der Waals surface area contributed by atoms with Gasteiger partial charge in [-0.1, -0.05) is 23.7 Å². The van der Waals surface area contributed by atoms with Crippen LogP contribution in [0, 0.1) is 0 Å². The van der Waals surface area contributed by atoms with E-state index < -0.39 is 24.2 Å². The first kappa shape index (κ1) is 16.8. The van der Waals surface area contributed by atoms with Crippen LogP contribution in [0.2, 0.25) is 5.02 Å². The van der Waals surface area contributed by atoms with Gasteiger partial charge in [-0.3, -0.25) is 5.32 Å². The molecule has 20 heavy (non-hydrogen) atoms. The number of alkyl halides is 3. The molecule has 0 aromatic heterocycles. The molecule has 0 heterocycles. The lowest BCUT2D eigenvalue weighted by Crippen LogP contribution is -2.50. The fraction of sp³-hybridized carbons (Fsp3) is 0.462. The van der Waals surface area contributed by atoms with Crippen molar-refractivity contribution in [3.63, 3.8) is 0 Å². The van der Waals surface area contributed by atoms with Crippen molar-refractivity contribution in [2.45, 2.75) is 25.6 Å². The predicted octanol–water partition coefficient (Wildman–Crippen LogP) is 3.27. The van der Waals surface area contributed by atoms with Crippen LogP contribution < -0.4 is 5.32 Å². The van der Waals surface area contributed by atoms with Crippen molar-refractivity contribution >= 4 is 17.6 Å². The van der Waals surface area contributed by atoms with Gasteiger partial charge in [-0.25, -0.2) is 4.79 Å². The summed E-state index contributed by atoms with van der Waals surface area (Å²) in [7, 11) is 0. The average molecular weight is 310 g/mol. The Morgan fingerprint density at radius 1 is 1.40 bits per heavy atom. The third kappa shape index (κ3) is 4.38. The van der Waals surface area contributed by atoms with Crippen LogP contribution in [0.3, 0.4) is 0 Å². The normalized spacial score (nSPS) is 14.7. The van der Waals surface area contributed by atoms with Gasteiger partial charge in [-0.15, -0.1) is 0 Å². The van der Waals surface area contributed by atoms with Crippen LogP contribution in [0.1, 0.15) is 19.4 Å². The van der Waals surface area contributed by atoms with Crippen molar-refractivity contribution < 1.29 is 22.7 Å². The molecule has 0 saturated heterocycles. The predicted molar refractivity (Wildman–Crippen MR) is 69.5 cm³/mol. The second-order valence-electron chi connectivity index (χ2n) is 4.32. The number of ether oxygens (including phenoxy) is 1. The Bertz CT molecular complexity index is 479. The Kier molecular flexibility index (Phi) is 5.42. The van der Waals surface area contributed by atoms with Crippen molar-refractivity contribution in [3.05, 3.63) is 34.9 Å². The van der Waals surface area contributed by atoms with Crippen LogP contribution in [0.25, 0.3) is 0 Å². The van der Waals surface area contributed by atoms with Gasteiger partial charge >= 0.3 is 12.1 Å². The Morgan fingerprint density at radius 3 is 2.55 bits per heavy atom. The molecule has 0 aliphatic carbocycles. The number of nitrogens with one attached hydrogen (secondary N) is 1. The zero-order valence-electron chi connectivity index (χ0n) is 11.1. The fourth-order valence-corrected chi connectivity index (χ4v) is 1.83. The number of carbonyl (C=O) groups excluding carboxylic acids is 1. The number of carbonyl (C=O) groups is 1. The summed E-state index contributed by atoms with van der Waals surface area (Å²) < 4.78 is 42.0. The van der Waals surface area contributed by atoms with E-state index in [9.17, 15) is 18.0 Å². The maximum absolute atomic E-state index is 12.4. The molecule has 7 heteroatoms. The lowest BCUT2D eigenvalue weighted by Gasteiger charge is -2.29. The standard InChI is InChI=1S/C13H15ClF3NO2/c1-3-20-11(19)12(2,18-8-13(15,16)17)9-5-4-6-10(14)7-9/h4-7,18H,3,8H2,1-2H3. The highest BCUT2D eigenvalue weighted by molar-refractivity contribution is 6.30. The Labute approximate surface area is 120 Å². The molecular formula is C13H15ClF3NO2. The molecule has 3 nitrogen and oxygen atoms in total. The lowest BCUT2D eigenvalue weighted by molar-refractivity contribution is -0.155. The number of hydrogen-bond donors (Lipinski definition) is 1. The summed E-state index contributed by atoms with van der Waals surface area (Å²) in [5, 5.41) is 2.53. The summed E-state index contributed by atoms with van der Waals surface area (Å²) in [6.07, 6.45) is -4.44. The van der Waals surface area contributed by atoms with E-state index in [-0.39, 0.29) is 6.61 Å². The molecule has 0 aliphatic heterocycles. The minimum atomic E-state index is -4.44. The SMILES string of the molecule is CCOC(=O)C(C)(NCC(F)(F)F)c1cccc(Cl)c1. The molecule has 1 N–H and O–H groups in total. The summed E-state index contributed by atoms with van der Waals surface area (Å²) in [6, 6.07) is 6.08. The highest BCUT2D eigenvalue weighted by Crippen LogP contribution is 2.26. The maximum atomic E-state index is 12.4. The smallest absolute Gasteiger partial charge is 0.401 e. The highest BCUT2D eigenvalue weighted by Gasteiger charge is 2.40. The number of hydrogen-bond acceptors (Lipinski definition) is 3. The van der Waals surface area contributed by atoms with Crippen LogP contribution in [-0.4, -0.2) is 25.3 Å². The molecule has 0 amide bonds. The molecule has 0 spiro atoms. The minimum absolute atomic E-state index is 0.0721. The van der Waals surface area contributed by atoms with Gasteiger partial charge in [0.25, 0.3) is 0 Å². The average Bonchev–Trinajstić information content (AvgIpc) is 2.35. The van der Waals surface area contributed by atoms with E-state index in [0.29, 0.717) is 10.6 Å². The van der Waals surface area contributed by atoms with Crippen molar-refractivity contribution in [2.24, 2.45) is 0 Å². The first-order valence-corrected chi connectivity index (χ1v) is 6.32. The summed E-state index contributed by atoms with van der Waals surface area (Å²) in [5.74, 6) is -0.786. The summed E-state index contributed by atoms with van der Waals surface area (Å²) >= 11 is 5.82. The van der Waals surface area contributed by atoms with E-state index in [1.165, 1.54) is 19.1 Å². The van der Waals surface area contributed by atoms with Gasteiger partial charge in [0.05, 0.1) is 13.2 Å². The minimum Gasteiger partial charge on any atom is -0.464 e. The van der Waals surface area contributed by atoms with Crippen LogP contribution in [0.5, 0.6) is 0 Å². The van der Waals surface area contributed by atoms with Gasteiger partial charge in [0.15, 0.2) is 0 Å². The fourth-order valence-electron chi connectivity index (χ4n) is 1.64. The molecule has 1 aromatic carbocycles. The third-order valence-corrected chi connectivity index (χ3v) is 2.96. The summed E-state index contributed by atoms with van der Waals surface area (Å²) in [6.45, 7) is 1.68. The van der Waals surface area contributed by atoms with Crippen molar-refractivity contribution in [3.8, 4) is 0 Å². The quantitative estimate of drug-likeness (QED) is 0.848. The van der Waals surface area contributed by atoms with E-state index in [1.807, 2.05) is 0 Å². The molecule has 1 unspecified atom stereocenters. The van der Waals surface area contributed by atoms with Gasteiger partial charge in [0.2, 0.25) is 0 Å². The topological polar surface area (TPSA) is 38.3 Å².